The van der Waals surface area contributed by atoms with Crippen LogP contribution < -0.4 is 0 Å². The molecule has 0 fully saturated rings. The molecule has 1 heterocycles. The standard InChI is InChI=1S/C14H9N3O3/c18-13-11-8-4-5-9-12(11)14(19)16(13)15-17(20)10-6-2-1-3-7-10/h1-9H. The molecule has 1 aliphatic rings. The van der Waals surface area contributed by atoms with Crippen LogP contribution in [0.5, 0.6) is 0 Å². The van der Waals surface area contributed by atoms with Crippen molar-refractivity contribution in [2.24, 2.45) is 5.22 Å². The minimum atomic E-state index is -0.595. The van der Waals surface area contributed by atoms with Gasteiger partial charge in [-0.25, -0.2) is 9.59 Å². The molecule has 2 aromatic carbocycles. The van der Waals surface area contributed by atoms with Gasteiger partial charge in [-0.15, -0.1) is 4.86 Å². The van der Waals surface area contributed by atoms with Crippen LogP contribution in [0.15, 0.2) is 59.8 Å². The number of fused-ring (bicyclic) bond motifs is 1. The number of rotatable bonds is 2. The first-order valence-electron chi connectivity index (χ1n) is 5.90. The number of nitrogens with zero attached hydrogens (tertiary/aromatic N) is 3. The smallest absolute Gasteiger partial charge is 0.370 e. The number of carbonyl (C=O) groups is 2. The van der Waals surface area contributed by atoms with Crippen LogP contribution in [0.25, 0.3) is 0 Å². The lowest BCUT2D eigenvalue weighted by molar-refractivity contribution is -0.455. The third-order valence-corrected chi connectivity index (χ3v) is 2.92. The Hall–Kier alpha value is -3.02. The molecular weight excluding hydrogens is 258 g/mol. The summed E-state index contributed by atoms with van der Waals surface area (Å²) in [6.07, 6.45) is 0. The fraction of sp³-hybridized carbons (Fsp3) is 0. The molecule has 0 N–H and O–H groups in total. The molecule has 0 bridgehead atoms. The molecule has 2 aromatic rings. The zero-order valence-corrected chi connectivity index (χ0v) is 10.3. The van der Waals surface area contributed by atoms with Crippen LogP contribution in [0.3, 0.4) is 0 Å². The van der Waals surface area contributed by atoms with Gasteiger partial charge in [-0.3, -0.25) is 0 Å². The molecule has 20 heavy (non-hydrogen) atoms. The monoisotopic (exact) mass is 267 g/mol. The molecule has 3 rings (SSSR count). The fourth-order valence-electron chi connectivity index (χ4n) is 1.95. The molecular formula is C14H9N3O3. The topological polar surface area (TPSA) is 75.8 Å². The molecule has 0 saturated heterocycles. The van der Waals surface area contributed by atoms with E-state index in [4.69, 9.17) is 0 Å². The summed E-state index contributed by atoms with van der Waals surface area (Å²) in [6, 6.07) is 14.5. The second-order valence-corrected chi connectivity index (χ2v) is 4.17. The molecule has 0 aliphatic carbocycles. The summed E-state index contributed by atoms with van der Waals surface area (Å²) in [5, 5.41) is 16.0. The molecule has 0 aromatic heterocycles. The highest BCUT2D eigenvalue weighted by Gasteiger charge is 2.43. The molecule has 0 radical (unpaired) electrons. The quantitative estimate of drug-likeness (QED) is 0.363. The van der Waals surface area contributed by atoms with E-state index in [2.05, 4.69) is 5.22 Å². The minimum absolute atomic E-state index is 0.240. The van der Waals surface area contributed by atoms with Crippen LogP contribution in [-0.4, -0.2) is 21.7 Å². The van der Waals surface area contributed by atoms with Crippen molar-refractivity contribution in [3.05, 3.63) is 70.9 Å². The van der Waals surface area contributed by atoms with E-state index in [1.165, 1.54) is 24.3 Å². The van der Waals surface area contributed by atoms with Gasteiger partial charge in [0.25, 0.3) is 0 Å². The Balaban J connectivity index is 1.98. The van der Waals surface area contributed by atoms with Crippen LogP contribution in [0.1, 0.15) is 20.7 Å². The molecule has 0 saturated carbocycles. The van der Waals surface area contributed by atoms with E-state index < -0.39 is 11.8 Å². The molecule has 0 unspecified atom stereocenters. The van der Waals surface area contributed by atoms with Gasteiger partial charge in [0.05, 0.1) is 11.1 Å². The molecule has 2 amide bonds. The number of amides is 2. The van der Waals surface area contributed by atoms with Crippen LogP contribution in [0.4, 0.5) is 5.69 Å². The van der Waals surface area contributed by atoms with Crippen molar-refractivity contribution in [1.82, 2.24) is 5.01 Å². The number of benzene rings is 2. The van der Waals surface area contributed by atoms with Gasteiger partial charge in [0.2, 0.25) is 0 Å². The number of hydrogen-bond donors (Lipinski definition) is 0. The molecule has 0 spiro atoms. The average Bonchev–Trinajstić information content (AvgIpc) is 2.74. The van der Waals surface area contributed by atoms with E-state index in [0.717, 1.165) is 0 Å². The van der Waals surface area contributed by atoms with Gasteiger partial charge in [0, 0.05) is 0 Å². The van der Waals surface area contributed by atoms with Crippen LogP contribution >= 0.6 is 0 Å². The van der Waals surface area contributed by atoms with Crippen molar-refractivity contribution >= 4 is 17.5 Å². The van der Waals surface area contributed by atoms with Gasteiger partial charge < -0.3 is 5.21 Å². The fourth-order valence-corrected chi connectivity index (χ4v) is 1.95. The Labute approximate surface area is 114 Å². The van der Waals surface area contributed by atoms with Gasteiger partial charge >= 0.3 is 11.8 Å². The van der Waals surface area contributed by atoms with E-state index in [9.17, 15) is 14.8 Å². The van der Waals surface area contributed by atoms with Gasteiger partial charge in [-0.05, 0) is 29.3 Å². The predicted octanol–water partition coefficient (Wildman–Crippen LogP) is 2.49. The summed E-state index contributed by atoms with van der Waals surface area (Å²) in [7, 11) is 0. The highest BCUT2D eigenvalue weighted by molar-refractivity contribution is 6.20. The summed E-state index contributed by atoms with van der Waals surface area (Å²) in [5.41, 5.74) is 0.745. The maximum absolute atomic E-state index is 12.0. The Morgan fingerprint density at radius 3 is 1.90 bits per heavy atom. The SMILES string of the molecule is O=C1c2ccccc2C(=O)N1N=[N+]([O-])c1ccccc1. The Morgan fingerprint density at radius 1 is 0.850 bits per heavy atom. The normalized spacial score (nSPS) is 14.6. The highest BCUT2D eigenvalue weighted by Crippen LogP contribution is 2.23. The first-order chi connectivity index (χ1) is 9.68. The largest absolute Gasteiger partial charge is 0.691 e. The minimum Gasteiger partial charge on any atom is -0.691 e. The van der Waals surface area contributed by atoms with E-state index in [1.54, 1.807) is 30.3 Å². The summed E-state index contributed by atoms with van der Waals surface area (Å²) >= 11 is 0. The highest BCUT2D eigenvalue weighted by atomic mass is 16.5. The molecule has 0 atom stereocenters. The average molecular weight is 267 g/mol. The third kappa shape index (κ3) is 1.83. The molecule has 6 heteroatoms. The maximum atomic E-state index is 12.0. The first-order valence-corrected chi connectivity index (χ1v) is 5.90. The van der Waals surface area contributed by atoms with Gasteiger partial charge in [0.15, 0.2) is 5.69 Å². The molecule has 6 nitrogen and oxygen atoms in total. The van der Waals surface area contributed by atoms with E-state index in [0.29, 0.717) is 5.01 Å². The zero-order valence-electron chi connectivity index (χ0n) is 10.3. The molecule has 98 valence electrons. The van der Waals surface area contributed by atoms with Crippen molar-refractivity contribution in [3.8, 4) is 0 Å². The number of hydrogen-bond acceptors (Lipinski definition) is 4. The summed E-state index contributed by atoms with van der Waals surface area (Å²) in [6.45, 7) is 0. The van der Waals surface area contributed by atoms with Crippen molar-refractivity contribution in [2.75, 3.05) is 0 Å². The van der Waals surface area contributed by atoms with E-state index >= 15 is 0 Å². The molecule has 1 aliphatic heterocycles. The predicted molar refractivity (Wildman–Crippen MR) is 69.1 cm³/mol. The number of para-hydroxylation sites is 1. The zero-order chi connectivity index (χ0) is 14.1. The summed E-state index contributed by atoms with van der Waals surface area (Å²) in [4.78, 5) is 24.3. The Morgan fingerprint density at radius 2 is 1.35 bits per heavy atom. The maximum Gasteiger partial charge on any atom is 0.370 e. The summed E-state index contributed by atoms with van der Waals surface area (Å²) < 4.78 is 0. The van der Waals surface area contributed by atoms with Crippen molar-refractivity contribution in [1.29, 1.82) is 0 Å². The lowest BCUT2D eigenvalue weighted by atomic mass is 10.1. The summed E-state index contributed by atoms with van der Waals surface area (Å²) in [5.74, 6) is -1.19. The first kappa shape index (κ1) is 12.0. The second-order valence-electron chi connectivity index (χ2n) is 4.17. The van der Waals surface area contributed by atoms with Crippen LogP contribution in [0, 0.1) is 5.21 Å². The van der Waals surface area contributed by atoms with Crippen molar-refractivity contribution in [2.45, 2.75) is 0 Å². The number of imide groups is 1. The number of carbonyl (C=O) groups excluding carboxylic acids is 2. The van der Waals surface area contributed by atoms with Gasteiger partial charge in [-0.2, -0.15) is 0 Å². The van der Waals surface area contributed by atoms with Gasteiger partial charge in [-0.1, -0.05) is 30.3 Å². The Kier molecular flexibility index (Phi) is 2.76. The van der Waals surface area contributed by atoms with E-state index in [-0.39, 0.29) is 21.7 Å². The Bertz CT molecular complexity index is 690. The van der Waals surface area contributed by atoms with Crippen molar-refractivity contribution in [3.63, 3.8) is 0 Å². The van der Waals surface area contributed by atoms with Crippen LogP contribution in [-0.2, 0) is 0 Å². The lowest BCUT2D eigenvalue weighted by Crippen LogP contribution is -2.25. The third-order valence-electron chi connectivity index (χ3n) is 2.92. The van der Waals surface area contributed by atoms with Crippen molar-refractivity contribution < 1.29 is 14.4 Å². The second kappa shape index (κ2) is 4.58. The van der Waals surface area contributed by atoms with Gasteiger partial charge in [0.1, 0.15) is 5.22 Å². The lowest BCUT2D eigenvalue weighted by Gasteiger charge is -2.06. The van der Waals surface area contributed by atoms with Crippen LogP contribution in [0.2, 0.25) is 0 Å². The van der Waals surface area contributed by atoms with E-state index in [1.807, 2.05) is 0 Å².